The molecule has 3 atom stereocenters. The van der Waals surface area contributed by atoms with Gasteiger partial charge in [-0.2, -0.15) is 4.31 Å². The van der Waals surface area contributed by atoms with Crippen LogP contribution in [0.25, 0.3) is 0 Å². The second kappa shape index (κ2) is 6.80. The number of amides is 1. The molecule has 1 amide bonds. The van der Waals surface area contributed by atoms with E-state index in [4.69, 9.17) is 16.3 Å². The van der Waals surface area contributed by atoms with Crippen molar-refractivity contribution < 1.29 is 17.9 Å². The molecule has 2 bridgehead atoms. The zero-order chi connectivity index (χ0) is 20.2. The summed E-state index contributed by atoms with van der Waals surface area (Å²) in [7, 11) is -3.49. The van der Waals surface area contributed by atoms with Crippen LogP contribution in [0.3, 0.4) is 0 Å². The van der Waals surface area contributed by atoms with E-state index in [2.05, 4.69) is 0 Å². The van der Waals surface area contributed by atoms with Crippen LogP contribution >= 0.6 is 11.6 Å². The van der Waals surface area contributed by atoms with Crippen LogP contribution in [0.15, 0.2) is 54.6 Å². The van der Waals surface area contributed by atoms with E-state index >= 15 is 0 Å². The first-order valence-corrected chi connectivity index (χ1v) is 11.5. The third-order valence-electron chi connectivity index (χ3n) is 6.09. The summed E-state index contributed by atoms with van der Waals surface area (Å²) in [6.45, 7) is 1.28. The van der Waals surface area contributed by atoms with Gasteiger partial charge in [0.05, 0.1) is 12.6 Å². The van der Waals surface area contributed by atoms with Gasteiger partial charge in [0.1, 0.15) is 10.9 Å². The Morgan fingerprint density at radius 1 is 1.10 bits per heavy atom. The van der Waals surface area contributed by atoms with E-state index in [1.165, 1.54) is 4.31 Å². The molecule has 3 heterocycles. The van der Waals surface area contributed by atoms with E-state index < -0.39 is 20.9 Å². The van der Waals surface area contributed by atoms with Gasteiger partial charge in [0.2, 0.25) is 10.0 Å². The van der Waals surface area contributed by atoms with Gasteiger partial charge in [0, 0.05) is 30.2 Å². The molecular weight excluding hydrogens is 412 g/mol. The van der Waals surface area contributed by atoms with Crippen molar-refractivity contribution in [1.82, 2.24) is 9.21 Å². The van der Waals surface area contributed by atoms with Gasteiger partial charge < -0.3 is 9.64 Å². The van der Waals surface area contributed by atoms with Crippen LogP contribution in [0.2, 0.25) is 5.02 Å². The van der Waals surface area contributed by atoms with Crippen LogP contribution in [0.5, 0.6) is 0 Å². The maximum atomic E-state index is 13.2. The Balaban J connectivity index is 1.41. The fraction of sp³-hybridized carbons (Fsp3) is 0.381. The number of likely N-dealkylation sites (tertiary alicyclic amines) is 1. The zero-order valence-electron chi connectivity index (χ0n) is 15.7. The summed E-state index contributed by atoms with van der Waals surface area (Å²) in [6.07, 6.45) is 0.177. The quantitative estimate of drug-likeness (QED) is 0.747. The summed E-state index contributed by atoms with van der Waals surface area (Å²) in [4.78, 5) is 14.7. The van der Waals surface area contributed by atoms with Crippen LogP contribution in [0.4, 0.5) is 0 Å². The predicted octanol–water partition coefficient (Wildman–Crippen LogP) is 2.54. The summed E-state index contributed by atoms with van der Waals surface area (Å²) in [5, 5.41) is -0.0348. The molecule has 6 nitrogen and oxygen atoms in total. The van der Waals surface area contributed by atoms with Crippen molar-refractivity contribution in [3.05, 3.63) is 70.7 Å². The third kappa shape index (κ3) is 3.17. The lowest BCUT2D eigenvalue weighted by atomic mass is 9.99. The van der Waals surface area contributed by atoms with E-state index in [1.54, 1.807) is 29.2 Å². The van der Waals surface area contributed by atoms with Gasteiger partial charge in [-0.15, -0.1) is 0 Å². The molecule has 5 rings (SSSR count). The Bertz CT molecular complexity index is 1040. The predicted molar refractivity (Wildman–Crippen MR) is 109 cm³/mol. The van der Waals surface area contributed by atoms with E-state index in [1.807, 2.05) is 30.3 Å². The molecule has 0 saturated carbocycles. The minimum Gasteiger partial charge on any atom is -0.365 e. The maximum absolute atomic E-state index is 13.2. The molecule has 3 aliphatic heterocycles. The van der Waals surface area contributed by atoms with Crippen LogP contribution in [0, 0.1) is 0 Å². The van der Waals surface area contributed by atoms with Gasteiger partial charge >= 0.3 is 0 Å². The molecule has 2 aromatic carbocycles. The molecule has 0 unspecified atom stereocenters. The second-order valence-corrected chi connectivity index (χ2v) is 10.6. The Morgan fingerprint density at radius 2 is 1.83 bits per heavy atom. The summed E-state index contributed by atoms with van der Waals surface area (Å²) >= 11 is 5.93. The van der Waals surface area contributed by atoms with Crippen molar-refractivity contribution in [2.24, 2.45) is 0 Å². The van der Waals surface area contributed by atoms with Crippen molar-refractivity contribution in [2.45, 2.75) is 29.9 Å². The Morgan fingerprint density at radius 3 is 2.55 bits per heavy atom. The standard InChI is InChI=1S/C21H21ClN2O4S/c22-17-8-6-16(7-9-17)20(25)23-12-18-10-19-21(13-23,28-18)14-24(29(19,26)27)11-15-4-2-1-3-5-15/h1-9,18-19H,10-14H2/t18-,19+,21+/m1/s1. The normalized spacial score (nSPS) is 30.3. The molecule has 2 aromatic rings. The molecule has 3 aliphatic rings. The molecular formula is C21H21ClN2O4S. The minimum atomic E-state index is -3.49. The first kappa shape index (κ1) is 19.1. The van der Waals surface area contributed by atoms with Gasteiger partial charge in [-0.3, -0.25) is 4.79 Å². The molecule has 29 heavy (non-hydrogen) atoms. The number of fused-ring (bicyclic) bond motifs is 1. The summed E-state index contributed by atoms with van der Waals surface area (Å²) in [5.74, 6) is -0.117. The number of ether oxygens (including phenoxy) is 1. The highest BCUT2D eigenvalue weighted by atomic mass is 35.5. The lowest BCUT2D eigenvalue weighted by Gasteiger charge is -2.39. The average Bonchev–Trinajstić information content (AvgIpc) is 3.08. The van der Waals surface area contributed by atoms with Crippen LogP contribution in [0.1, 0.15) is 22.3 Å². The van der Waals surface area contributed by atoms with Gasteiger partial charge in [-0.1, -0.05) is 41.9 Å². The number of benzene rings is 2. The number of hydrogen-bond acceptors (Lipinski definition) is 4. The molecule has 0 aliphatic carbocycles. The molecule has 0 radical (unpaired) electrons. The van der Waals surface area contributed by atoms with Gasteiger partial charge in [0.25, 0.3) is 5.91 Å². The number of rotatable bonds is 3. The summed E-state index contributed by atoms with van der Waals surface area (Å²) in [5.41, 5.74) is 0.623. The molecule has 0 aromatic heterocycles. The fourth-order valence-corrected chi connectivity index (χ4v) is 7.23. The van der Waals surface area contributed by atoms with Crippen LogP contribution in [-0.4, -0.2) is 60.1 Å². The van der Waals surface area contributed by atoms with Crippen molar-refractivity contribution in [2.75, 3.05) is 19.6 Å². The van der Waals surface area contributed by atoms with Crippen molar-refractivity contribution in [1.29, 1.82) is 0 Å². The van der Waals surface area contributed by atoms with Crippen LogP contribution in [-0.2, 0) is 21.3 Å². The maximum Gasteiger partial charge on any atom is 0.254 e. The van der Waals surface area contributed by atoms with Gasteiger partial charge in [-0.05, 0) is 36.2 Å². The molecule has 1 spiro atoms. The Kier molecular flexibility index (Phi) is 4.47. The topological polar surface area (TPSA) is 66.9 Å². The largest absolute Gasteiger partial charge is 0.365 e. The summed E-state index contributed by atoms with van der Waals surface area (Å²) < 4.78 is 34.2. The molecule has 3 saturated heterocycles. The monoisotopic (exact) mass is 432 g/mol. The highest BCUT2D eigenvalue weighted by molar-refractivity contribution is 7.90. The Labute approximate surface area is 175 Å². The van der Waals surface area contributed by atoms with E-state index in [-0.39, 0.29) is 25.1 Å². The number of hydrogen-bond donors (Lipinski definition) is 0. The molecule has 3 fully saturated rings. The third-order valence-corrected chi connectivity index (χ3v) is 8.66. The number of carbonyl (C=O) groups excluding carboxylic acids is 1. The SMILES string of the molecule is O=C(c1ccc(Cl)cc1)N1C[C@H]2C[C@H]3[C@](C1)(CN(Cc1ccccc1)S3(=O)=O)O2. The van der Waals surface area contributed by atoms with Crippen molar-refractivity contribution >= 4 is 27.5 Å². The number of halogens is 1. The van der Waals surface area contributed by atoms with Crippen molar-refractivity contribution in [3.63, 3.8) is 0 Å². The lowest BCUT2D eigenvalue weighted by molar-refractivity contribution is -0.0980. The number of sulfonamides is 1. The van der Waals surface area contributed by atoms with Gasteiger partial charge in [0.15, 0.2) is 0 Å². The molecule has 0 N–H and O–H groups in total. The highest BCUT2D eigenvalue weighted by Gasteiger charge is 2.65. The second-order valence-electron chi connectivity index (χ2n) is 8.02. The minimum absolute atomic E-state index is 0.117. The first-order chi connectivity index (χ1) is 13.9. The first-order valence-electron chi connectivity index (χ1n) is 9.63. The number of morpholine rings is 1. The van der Waals surface area contributed by atoms with Crippen molar-refractivity contribution in [3.8, 4) is 0 Å². The van der Waals surface area contributed by atoms with Gasteiger partial charge in [-0.25, -0.2) is 8.42 Å². The number of carbonyl (C=O) groups is 1. The average molecular weight is 433 g/mol. The molecule has 8 heteroatoms. The van der Waals surface area contributed by atoms with E-state index in [0.29, 0.717) is 30.1 Å². The van der Waals surface area contributed by atoms with E-state index in [9.17, 15) is 13.2 Å². The molecule has 152 valence electrons. The van der Waals surface area contributed by atoms with Crippen LogP contribution < -0.4 is 0 Å². The van der Waals surface area contributed by atoms with E-state index in [0.717, 1.165) is 5.56 Å². The fourth-order valence-electron chi connectivity index (χ4n) is 4.81. The lowest BCUT2D eigenvalue weighted by Crippen LogP contribution is -2.56. The smallest absolute Gasteiger partial charge is 0.254 e. The highest BCUT2D eigenvalue weighted by Crippen LogP contribution is 2.47. The summed E-state index contributed by atoms with van der Waals surface area (Å²) in [6, 6.07) is 16.3. The zero-order valence-corrected chi connectivity index (χ0v) is 17.3. The number of nitrogens with zero attached hydrogens (tertiary/aromatic N) is 2. The Hall–Kier alpha value is -1.93.